The van der Waals surface area contributed by atoms with E-state index in [4.69, 9.17) is 0 Å². The summed E-state index contributed by atoms with van der Waals surface area (Å²) in [6.45, 7) is 7.37. The standard InChI is InChI=1S/C16H31BrN4/c1-5-7-8-9-10-15(18-6-2)16-14(17)13-19-21(16)12-11-20(3)4/h13,15,18H,5-12H2,1-4H3. The Labute approximate surface area is 138 Å². The highest BCUT2D eigenvalue weighted by Gasteiger charge is 2.19. The topological polar surface area (TPSA) is 33.1 Å². The first-order valence-corrected chi connectivity index (χ1v) is 8.98. The van der Waals surface area contributed by atoms with Crippen LogP contribution in [0.3, 0.4) is 0 Å². The molecule has 0 bridgehead atoms. The normalized spacial score (nSPS) is 13.0. The smallest absolute Gasteiger partial charge is 0.0696 e. The fourth-order valence-electron chi connectivity index (χ4n) is 2.55. The van der Waals surface area contributed by atoms with Crippen molar-refractivity contribution in [2.45, 2.75) is 58.5 Å². The molecule has 0 aromatic carbocycles. The quantitative estimate of drug-likeness (QED) is 0.610. The van der Waals surface area contributed by atoms with E-state index in [9.17, 15) is 0 Å². The molecule has 1 aromatic heterocycles. The van der Waals surface area contributed by atoms with Crippen LogP contribution in [0.1, 0.15) is 57.7 Å². The van der Waals surface area contributed by atoms with Gasteiger partial charge in [0.2, 0.25) is 0 Å². The van der Waals surface area contributed by atoms with Gasteiger partial charge in [-0.2, -0.15) is 5.10 Å². The third-order valence-electron chi connectivity index (χ3n) is 3.72. The van der Waals surface area contributed by atoms with E-state index in [1.807, 2.05) is 6.20 Å². The predicted octanol–water partition coefficient (Wildman–Crippen LogP) is 3.83. The average Bonchev–Trinajstić information content (AvgIpc) is 2.81. The number of halogens is 1. The van der Waals surface area contributed by atoms with Gasteiger partial charge in [-0.3, -0.25) is 4.68 Å². The van der Waals surface area contributed by atoms with Crippen LogP contribution >= 0.6 is 15.9 Å². The van der Waals surface area contributed by atoms with Gasteiger partial charge in [0.15, 0.2) is 0 Å². The largest absolute Gasteiger partial charge is 0.309 e. The molecule has 1 rings (SSSR count). The molecular formula is C16H31BrN4. The summed E-state index contributed by atoms with van der Waals surface area (Å²) in [4.78, 5) is 2.20. The minimum Gasteiger partial charge on any atom is -0.309 e. The zero-order chi connectivity index (χ0) is 15.7. The van der Waals surface area contributed by atoms with Crippen LogP contribution in [0.25, 0.3) is 0 Å². The van der Waals surface area contributed by atoms with Crippen molar-refractivity contribution < 1.29 is 0 Å². The second kappa shape index (κ2) is 10.4. The summed E-state index contributed by atoms with van der Waals surface area (Å²) < 4.78 is 3.28. The van der Waals surface area contributed by atoms with E-state index in [2.05, 4.69) is 63.9 Å². The number of likely N-dealkylation sites (N-methyl/N-ethyl adjacent to an activating group) is 1. The highest BCUT2D eigenvalue weighted by atomic mass is 79.9. The van der Waals surface area contributed by atoms with Gasteiger partial charge in [0.1, 0.15) is 0 Å². The fourth-order valence-corrected chi connectivity index (χ4v) is 3.12. The minimum atomic E-state index is 0.394. The Morgan fingerprint density at radius 2 is 2.05 bits per heavy atom. The molecule has 122 valence electrons. The van der Waals surface area contributed by atoms with Gasteiger partial charge < -0.3 is 10.2 Å². The number of aromatic nitrogens is 2. The molecule has 0 spiro atoms. The first-order valence-electron chi connectivity index (χ1n) is 8.19. The number of unbranched alkanes of at least 4 members (excludes halogenated alkanes) is 3. The van der Waals surface area contributed by atoms with Gasteiger partial charge in [-0.25, -0.2) is 0 Å². The number of rotatable bonds is 11. The second-order valence-corrected chi connectivity index (χ2v) is 6.72. The van der Waals surface area contributed by atoms with Gasteiger partial charge in [0.05, 0.1) is 29.0 Å². The van der Waals surface area contributed by atoms with Crippen LogP contribution in [-0.2, 0) is 6.54 Å². The molecular weight excluding hydrogens is 328 g/mol. The Morgan fingerprint density at radius 1 is 1.29 bits per heavy atom. The number of hydrogen-bond acceptors (Lipinski definition) is 3. The Morgan fingerprint density at radius 3 is 2.67 bits per heavy atom. The van der Waals surface area contributed by atoms with Crippen LogP contribution in [-0.4, -0.2) is 41.9 Å². The van der Waals surface area contributed by atoms with Gasteiger partial charge in [0, 0.05) is 6.54 Å². The van der Waals surface area contributed by atoms with Crippen molar-refractivity contribution in [3.63, 3.8) is 0 Å². The summed E-state index contributed by atoms with van der Waals surface area (Å²) in [5.74, 6) is 0. The van der Waals surface area contributed by atoms with Crippen LogP contribution in [0.5, 0.6) is 0 Å². The molecule has 0 radical (unpaired) electrons. The van der Waals surface area contributed by atoms with Gasteiger partial charge in [-0.1, -0.05) is 39.5 Å². The molecule has 21 heavy (non-hydrogen) atoms. The molecule has 1 aromatic rings. The van der Waals surface area contributed by atoms with E-state index in [1.165, 1.54) is 37.8 Å². The molecule has 0 aliphatic rings. The van der Waals surface area contributed by atoms with Gasteiger partial charge in [-0.05, 0) is 43.0 Å². The molecule has 1 atom stereocenters. The molecule has 0 saturated heterocycles. The van der Waals surface area contributed by atoms with E-state index in [0.717, 1.165) is 24.1 Å². The van der Waals surface area contributed by atoms with Crippen molar-refractivity contribution in [3.8, 4) is 0 Å². The van der Waals surface area contributed by atoms with E-state index >= 15 is 0 Å². The van der Waals surface area contributed by atoms with Gasteiger partial charge in [0.25, 0.3) is 0 Å². The predicted molar refractivity (Wildman–Crippen MR) is 93.7 cm³/mol. The lowest BCUT2D eigenvalue weighted by atomic mass is 10.0. The molecule has 0 fully saturated rings. The molecule has 1 N–H and O–H groups in total. The van der Waals surface area contributed by atoms with Crippen LogP contribution in [0, 0.1) is 0 Å². The van der Waals surface area contributed by atoms with E-state index in [0.29, 0.717) is 6.04 Å². The molecule has 5 heteroatoms. The fraction of sp³-hybridized carbons (Fsp3) is 0.812. The Bertz CT molecular complexity index is 390. The monoisotopic (exact) mass is 358 g/mol. The highest BCUT2D eigenvalue weighted by molar-refractivity contribution is 9.10. The third-order valence-corrected chi connectivity index (χ3v) is 4.33. The van der Waals surface area contributed by atoms with Crippen molar-refractivity contribution in [3.05, 3.63) is 16.4 Å². The summed E-state index contributed by atoms with van der Waals surface area (Å²) >= 11 is 3.68. The zero-order valence-corrected chi connectivity index (χ0v) is 15.6. The molecule has 0 amide bonds. The molecule has 4 nitrogen and oxygen atoms in total. The van der Waals surface area contributed by atoms with E-state index < -0.39 is 0 Å². The molecule has 0 aliphatic carbocycles. The van der Waals surface area contributed by atoms with Crippen LogP contribution in [0.15, 0.2) is 10.7 Å². The summed E-state index contributed by atoms with van der Waals surface area (Å²) in [5.41, 5.74) is 1.30. The van der Waals surface area contributed by atoms with Crippen LogP contribution < -0.4 is 5.32 Å². The van der Waals surface area contributed by atoms with E-state index in [1.54, 1.807) is 0 Å². The number of nitrogens with one attached hydrogen (secondary N) is 1. The highest BCUT2D eigenvalue weighted by Crippen LogP contribution is 2.27. The van der Waals surface area contributed by atoms with Crippen LogP contribution in [0.4, 0.5) is 0 Å². The summed E-state index contributed by atoms with van der Waals surface area (Å²) in [5, 5.41) is 8.16. The molecule has 0 saturated carbocycles. The SMILES string of the molecule is CCCCCCC(NCC)c1c(Br)cnn1CCN(C)C. The Hall–Kier alpha value is -0.390. The lowest BCUT2D eigenvalue weighted by molar-refractivity contribution is 0.358. The maximum Gasteiger partial charge on any atom is 0.0696 e. The Kier molecular flexibility index (Phi) is 9.20. The molecule has 1 heterocycles. The van der Waals surface area contributed by atoms with E-state index in [-0.39, 0.29) is 0 Å². The minimum absolute atomic E-state index is 0.394. The number of hydrogen-bond donors (Lipinski definition) is 1. The Balaban J connectivity index is 2.73. The van der Waals surface area contributed by atoms with Crippen LogP contribution in [0.2, 0.25) is 0 Å². The lowest BCUT2D eigenvalue weighted by Crippen LogP contribution is -2.26. The first kappa shape index (κ1) is 18.7. The average molecular weight is 359 g/mol. The third kappa shape index (κ3) is 6.49. The maximum absolute atomic E-state index is 4.54. The van der Waals surface area contributed by atoms with Crippen molar-refractivity contribution >= 4 is 15.9 Å². The summed E-state index contributed by atoms with van der Waals surface area (Å²) in [7, 11) is 4.20. The van der Waals surface area contributed by atoms with Crippen molar-refractivity contribution in [1.82, 2.24) is 20.0 Å². The van der Waals surface area contributed by atoms with Crippen molar-refractivity contribution in [1.29, 1.82) is 0 Å². The summed E-state index contributed by atoms with van der Waals surface area (Å²) in [6.07, 6.45) is 8.33. The second-order valence-electron chi connectivity index (χ2n) is 5.86. The van der Waals surface area contributed by atoms with Crippen molar-refractivity contribution in [2.24, 2.45) is 0 Å². The number of nitrogens with zero attached hydrogens (tertiary/aromatic N) is 3. The zero-order valence-electron chi connectivity index (χ0n) is 14.0. The lowest BCUT2D eigenvalue weighted by Gasteiger charge is -2.21. The molecule has 1 unspecified atom stereocenters. The maximum atomic E-state index is 4.54. The first-order chi connectivity index (χ1) is 10.1. The van der Waals surface area contributed by atoms with Crippen molar-refractivity contribution in [2.75, 3.05) is 27.2 Å². The summed E-state index contributed by atoms with van der Waals surface area (Å²) in [6, 6.07) is 0.394. The van der Waals surface area contributed by atoms with Gasteiger partial charge >= 0.3 is 0 Å². The molecule has 0 aliphatic heterocycles. The van der Waals surface area contributed by atoms with Gasteiger partial charge in [-0.15, -0.1) is 0 Å².